The average molecular weight is 375 g/mol. The van der Waals surface area contributed by atoms with Crippen molar-refractivity contribution >= 4 is 17.3 Å². The molecule has 0 heterocycles. The lowest BCUT2D eigenvalue weighted by Crippen LogP contribution is -2.58. The Bertz CT molecular complexity index is 607. The summed E-state index contributed by atoms with van der Waals surface area (Å²) in [6.07, 6.45) is 11.0. The van der Waals surface area contributed by atoms with Gasteiger partial charge in [-0.05, 0) is 98.0 Å². The van der Waals surface area contributed by atoms with Gasteiger partial charge in [-0.1, -0.05) is 25.5 Å². The lowest BCUT2D eigenvalue weighted by Gasteiger charge is -2.59. The van der Waals surface area contributed by atoms with Gasteiger partial charge in [0.1, 0.15) is 5.82 Å². The molecule has 4 fully saturated rings. The highest BCUT2D eigenvalue weighted by Crippen LogP contribution is 2.61. The number of benzene rings is 1. The maximum Gasteiger partial charge on any atom is 0.166 e. The molecule has 4 heteroatoms. The fraction of sp³-hybridized carbons (Fsp3) is 0.682. The highest BCUT2D eigenvalue weighted by atomic mass is 32.1. The molecule has 4 bridgehead atoms. The Labute approximate surface area is 162 Å². The van der Waals surface area contributed by atoms with E-state index in [2.05, 4.69) is 17.6 Å². The third-order valence-corrected chi connectivity index (χ3v) is 7.34. The summed E-state index contributed by atoms with van der Waals surface area (Å²) in [5.74, 6) is 2.69. The molecule has 5 rings (SSSR count). The van der Waals surface area contributed by atoms with Gasteiger partial charge in [-0.25, -0.2) is 4.39 Å². The quantitative estimate of drug-likeness (QED) is 0.671. The fourth-order valence-electron chi connectivity index (χ4n) is 6.42. The zero-order valence-corrected chi connectivity index (χ0v) is 16.6. The average Bonchev–Trinajstić information content (AvgIpc) is 2.60. The topological polar surface area (TPSA) is 24.1 Å². The van der Waals surface area contributed by atoms with E-state index in [0.717, 1.165) is 28.4 Å². The Kier molecular flexibility index (Phi) is 5.22. The van der Waals surface area contributed by atoms with Crippen molar-refractivity contribution in [3.8, 4) is 0 Å². The van der Waals surface area contributed by atoms with Crippen LogP contribution < -0.4 is 10.6 Å². The first-order valence-electron chi connectivity index (χ1n) is 10.3. The van der Waals surface area contributed by atoms with Gasteiger partial charge in [0.05, 0.1) is 0 Å². The molecule has 4 saturated carbocycles. The van der Waals surface area contributed by atoms with Crippen molar-refractivity contribution in [2.24, 2.45) is 23.2 Å². The van der Waals surface area contributed by atoms with Gasteiger partial charge in [0.2, 0.25) is 0 Å². The summed E-state index contributed by atoms with van der Waals surface area (Å²) in [6, 6.07) is 7.13. The van der Waals surface area contributed by atoms with E-state index in [0.29, 0.717) is 18.0 Å². The molecule has 0 radical (unpaired) electrons. The van der Waals surface area contributed by atoms with Crippen LogP contribution in [0.5, 0.6) is 0 Å². The van der Waals surface area contributed by atoms with Crippen molar-refractivity contribution in [2.45, 2.75) is 70.9 Å². The summed E-state index contributed by atoms with van der Waals surface area (Å²) >= 11 is 5.63. The Morgan fingerprint density at radius 1 is 1.12 bits per heavy atom. The minimum absolute atomic E-state index is 0.195. The molecule has 26 heavy (non-hydrogen) atoms. The van der Waals surface area contributed by atoms with Crippen molar-refractivity contribution in [1.29, 1.82) is 0 Å². The molecular weight excluding hydrogens is 343 g/mol. The molecule has 0 unspecified atom stereocenters. The summed E-state index contributed by atoms with van der Waals surface area (Å²) in [5, 5.41) is 7.79. The third-order valence-electron chi connectivity index (χ3n) is 7.07. The highest BCUT2D eigenvalue weighted by molar-refractivity contribution is 7.80. The smallest absolute Gasteiger partial charge is 0.166 e. The van der Waals surface area contributed by atoms with Gasteiger partial charge in [-0.3, -0.25) is 0 Å². The van der Waals surface area contributed by atoms with Crippen LogP contribution in [0.1, 0.15) is 63.9 Å². The van der Waals surface area contributed by atoms with E-state index >= 15 is 0 Å². The monoisotopic (exact) mass is 374 g/mol. The number of nitrogens with one attached hydrogen (secondary N) is 2. The van der Waals surface area contributed by atoms with Gasteiger partial charge in [-0.2, -0.15) is 0 Å². The Balaban J connectivity index is 1.39. The molecule has 2 nitrogen and oxygen atoms in total. The van der Waals surface area contributed by atoms with Gasteiger partial charge < -0.3 is 10.6 Å². The summed E-state index contributed by atoms with van der Waals surface area (Å²) in [7, 11) is 0. The summed E-state index contributed by atoms with van der Waals surface area (Å²) < 4.78 is 13.0. The molecule has 2 N–H and O–H groups in total. The fourth-order valence-corrected chi connectivity index (χ4v) is 6.63. The van der Waals surface area contributed by atoms with E-state index in [1.165, 1.54) is 63.5 Å². The van der Waals surface area contributed by atoms with Gasteiger partial charge in [0, 0.05) is 12.6 Å². The first-order chi connectivity index (χ1) is 12.6. The van der Waals surface area contributed by atoms with E-state index in [1.807, 2.05) is 12.1 Å². The van der Waals surface area contributed by atoms with Crippen LogP contribution in [0.4, 0.5) is 4.39 Å². The second-order valence-corrected chi connectivity index (χ2v) is 9.48. The van der Waals surface area contributed by atoms with Crippen molar-refractivity contribution in [1.82, 2.24) is 10.6 Å². The Morgan fingerprint density at radius 3 is 2.23 bits per heavy atom. The van der Waals surface area contributed by atoms with Crippen molar-refractivity contribution in [3.63, 3.8) is 0 Å². The number of halogens is 1. The standard InChI is InChI=1S/C22H31FN2S/c1-2-3-20(22-11-16-8-17(12-22)10-18(9-16)13-22)25-21(26)24-14-15-4-6-19(23)7-5-15/h4-7,16-18,20H,2-3,8-14H2,1H3,(H2,24,25,26)/t16?,17?,18?,20-,22?/m0/s1. The maximum atomic E-state index is 13.0. The molecule has 0 aliphatic heterocycles. The van der Waals surface area contributed by atoms with Crippen LogP contribution in [-0.4, -0.2) is 11.2 Å². The zero-order valence-electron chi connectivity index (χ0n) is 15.8. The molecule has 0 amide bonds. The van der Waals surface area contributed by atoms with Gasteiger partial charge in [-0.15, -0.1) is 0 Å². The SMILES string of the molecule is CCC[C@H](NC(=S)NCc1ccc(F)cc1)C12CC3CC(CC(C3)C1)C2. The normalized spacial score (nSPS) is 33.1. The lowest BCUT2D eigenvalue weighted by atomic mass is 9.47. The summed E-state index contributed by atoms with van der Waals surface area (Å²) in [4.78, 5) is 0. The highest BCUT2D eigenvalue weighted by Gasteiger charge is 2.54. The first-order valence-corrected chi connectivity index (χ1v) is 10.8. The molecule has 4 aliphatic carbocycles. The van der Waals surface area contributed by atoms with E-state index in [1.54, 1.807) is 0 Å². The van der Waals surface area contributed by atoms with Crippen LogP contribution in [0.15, 0.2) is 24.3 Å². The molecule has 1 atom stereocenters. The molecule has 4 aliphatic rings. The second-order valence-electron chi connectivity index (χ2n) is 9.07. The predicted molar refractivity (Wildman–Crippen MR) is 108 cm³/mol. The van der Waals surface area contributed by atoms with Crippen LogP contribution >= 0.6 is 12.2 Å². The maximum absolute atomic E-state index is 13.0. The van der Waals surface area contributed by atoms with Crippen molar-refractivity contribution < 1.29 is 4.39 Å². The molecule has 0 aromatic heterocycles. The molecule has 1 aromatic rings. The second kappa shape index (κ2) is 7.46. The van der Waals surface area contributed by atoms with Crippen molar-refractivity contribution in [3.05, 3.63) is 35.6 Å². The molecule has 1 aromatic carbocycles. The molecule has 0 saturated heterocycles. The summed E-state index contributed by atoms with van der Waals surface area (Å²) in [5.41, 5.74) is 1.52. The third kappa shape index (κ3) is 3.76. The zero-order chi connectivity index (χ0) is 18.1. The minimum Gasteiger partial charge on any atom is -0.359 e. The number of hydrogen-bond acceptors (Lipinski definition) is 1. The van der Waals surface area contributed by atoms with Crippen molar-refractivity contribution in [2.75, 3.05) is 0 Å². The van der Waals surface area contributed by atoms with Gasteiger partial charge in [0.15, 0.2) is 5.11 Å². The first kappa shape index (κ1) is 18.2. The van der Waals surface area contributed by atoms with E-state index in [4.69, 9.17) is 12.2 Å². The molecular formula is C22H31FN2S. The summed E-state index contributed by atoms with van der Waals surface area (Å²) in [6.45, 7) is 2.93. The van der Waals surface area contributed by atoms with E-state index < -0.39 is 0 Å². The minimum atomic E-state index is -0.195. The van der Waals surface area contributed by atoms with Gasteiger partial charge >= 0.3 is 0 Å². The Hall–Kier alpha value is -1.16. The lowest BCUT2D eigenvalue weighted by molar-refractivity contribution is -0.0720. The van der Waals surface area contributed by atoms with Crippen LogP contribution in [0.3, 0.4) is 0 Å². The molecule has 142 valence electrons. The van der Waals surface area contributed by atoms with E-state index in [-0.39, 0.29) is 5.82 Å². The largest absolute Gasteiger partial charge is 0.359 e. The number of rotatable bonds is 6. The predicted octanol–water partition coefficient (Wildman–Crippen LogP) is 5.17. The van der Waals surface area contributed by atoms with Crippen LogP contribution in [0, 0.1) is 29.0 Å². The van der Waals surface area contributed by atoms with Gasteiger partial charge in [0.25, 0.3) is 0 Å². The molecule has 0 spiro atoms. The van der Waals surface area contributed by atoms with E-state index in [9.17, 15) is 4.39 Å². The number of thiocarbonyl (C=S) groups is 1. The Morgan fingerprint density at radius 2 is 1.69 bits per heavy atom. The number of hydrogen-bond donors (Lipinski definition) is 2. The van der Waals surface area contributed by atoms with Crippen LogP contribution in [0.2, 0.25) is 0 Å². The van der Waals surface area contributed by atoms with Crippen LogP contribution in [0.25, 0.3) is 0 Å². The van der Waals surface area contributed by atoms with Crippen LogP contribution in [-0.2, 0) is 6.54 Å².